The number of methoxy groups -OCH3 is 1. The lowest BCUT2D eigenvalue weighted by Gasteiger charge is -2.35. The molecule has 0 bridgehead atoms. The molecule has 2 aromatic heterocycles. The van der Waals surface area contributed by atoms with Crippen LogP contribution in [-0.2, 0) is 13.0 Å². The fourth-order valence-electron chi connectivity index (χ4n) is 5.18. The third-order valence-corrected chi connectivity index (χ3v) is 7.27. The van der Waals surface area contributed by atoms with Gasteiger partial charge in [0.2, 0.25) is 0 Å². The van der Waals surface area contributed by atoms with Crippen molar-refractivity contribution in [2.45, 2.75) is 25.4 Å². The van der Waals surface area contributed by atoms with E-state index >= 15 is 0 Å². The van der Waals surface area contributed by atoms with Crippen LogP contribution in [0, 0.1) is 0 Å². The van der Waals surface area contributed by atoms with Crippen LogP contribution in [0.5, 0.6) is 17.2 Å². The molecule has 0 saturated heterocycles. The van der Waals surface area contributed by atoms with Crippen molar-refractivity contribution in [1.82, 2.24) is 24.6 Å². The molecule has 1 aliphatic heterocycles. The summed E-state index contributed by atoms with van der Waals surface area (Å²) in [6.07, 6.45) is 4.20. The van der Waals surface area contributed by atoms with Gasteiger partial charge in [0.25, 0.3) is 0 Å². The van der Waals surface area contributed by atoms with E-state index in [-0.39, 0.29) is 0 Å². The lowest BCUT2D eigenvalue weighted by Crippen LogP contribution is -2.42. The van der Waals surface area contributed by atoms with Gasteiger partial charge in [-0.25, -0.2) is 9.78 Å². The second-order valence-corrected chi connectivity index (χ2v) is 9.94. The molecule has 1 unspecified atom stereocenters. The first-order valence-electron chi connectivity index (χ1n) is 13.1. The van der Waals surface area contributed by atoms with Crippen LogP contribution in [0.1, 0.15) is 29.3 Å². The van der Waals surface area contributed by atoms with E-state index in [4.69, 9.17) is 25.8 Å². The lowest BCUT2D eigenvalue weighted by molar-refractivity contribution is 0.135. The van der Waals surface area contributed by atoms with Gasteiger partial charge in [0.15, 0.2) is 11.5 Å². The minimum Gasteiger partial charge on any atom is -0.493 e. The molecule has 1 aliphatic rings. The van der Waals surface area contributed by atoms with Crippen LogP contribution in [0.25, 0.3) is 10.9 Å². The monoisotopic (exact) mass is 557 g/mol. The van der Waals surface area contributed by atoms with Crippen LogP contribution in [-0.4, -0.2) is 51.0 Å². The molecule has 9 nitrogen and oxygen atoms in total. The summed E-state index contributed by atoms with van der Waals surface area (Å²) in [5.74, 6) is 1.70. The number of ether oxygens (including phenoxy) is 3. The van der Waals surface area contributed by atoms with Gasteiger partial charge < -0.3 is 19.2 Å². The van der Waals surface area contributed by atoms with Crippen LogP contribution in [0.3, 0.4) is 0 Å². The summed E-state index contributed by atoms with van der Waals surface area (Å²) in [7, 11) is 1.61. The largest absolute Gasteiger partial charge is 0.493 e. The SMILES string of the molecule is COc1cc(C2c3[nH]c4ccc(Cl)cc4c3CCN2C(=O)Oc2ccccc2)ccc1OCCCn1cncn1. The van der Waals surface area contributed by atoms with Gasteiger partial charge in [0.05, 0.1) is 13.7 Å². The summed E-state index contributed by atoms with van der Waals surface area (Å²) in [5, 5.41) is 5.85. The molecular weight excluding hydrogens is 530 g/mol. The molecule has 1 atom stereocenters. The molecule has 3 heterocycles. The standard InChI is InChI=1S/C30H28ClN5O4/c1-38-27-16-20(8-11-26(27)39-15-5-13-35-19-32-18-33-35)29-28-23(24-17-21(31)9-10-25(24)34-28)12-14-36(29)30(37)40-22-6-3-2-4-7-22/h2-4,6-11,16-19,29,34H,5,12-15H2,1H3. The smallest absolute Gasteiger partial charge is 0.416 e. The minimum atomic E-state index is -0.429. The number of hydrogen-bond donors (Lipinski definition) is 1. The molecule has 10 heteroatoms. The highest BCUT2D eigenvalue weighted by molar-refractivity contribution is 6.31. The quantitative estimate of drug-likeness (QED) is 0.234. The Kier molecular flexibility index (Phi) is 7.29. The molecule has 0 aliphatic carbocycles. The van der Waals surface area contributed by atoms with Gasteiger partial charge in [-0.1, -0.05) is 35.9 Å². The predicted molar refractivity (Wildman–Crippen MR) is 151 cm³/mol. The van der Waals surface area contributed by atoms with Crippen LogP contribution in [0.4, 0.5) is 4.79 Å². The second kappa shape index (κ2) is 11.3. The van der Waals surface area contributed by atoms with Crippen LogP contribution in [0.2, 0.25) is 5.02 Å². The molecular formula is C30H28ClN5O4. The Morgan fingerprint density at radius 3 is 2.77 bits per heavy atom. The number of para-hydroxylation sites is 1. The summed E-state index contributed by atoms with van der Waals surface area (Å²) in [4.78, 5) is 22.8. The lowest BCUT2D eigenvalue weighted by atomic mass is 9.92. The maximum absolute atomic E-state index is 13.5. The summed E-state index contributed by atoms with van der Waals surface area (Å²) in [5.41, 5.74) is 3.91. The van der Waals surface area contributed by atoms with Crippen molar-refractivity contribution < 1.29 is 19.0 Å². The number of aryl methyl sites for hydroxylation is 1. The summed E-state index contributed by atoms with van der Waals surface area (Å²) in [6, 6.07) is 20.2. The van der Waals surface area contributed by atoms with E-state index < -0.39 is 12.1 Å². The average molecular weight is 558 g/mol. The van der Waals surface area contributed by atoms with Crippen LogP contribution >= 0.6 is 11.6 Å². The fourth-order valence-corrected chi connectivity index (χ4v) is 5.35. The third kappa shape index (κ3) is 5.20. The topological polar surface area (TPSA) is 94.5 Å². The summed E-state index contributed by atoms with van der Waals surface area (Å²) in [6.45, 7) is 1.67. The number of carbonyl (C=O) groups is 1. The molecule has 1 amide bonds. The molecule has 0 radical (unpaired) electrons. The summed E-state index contributed by atoms with van der Waals surface area (Å²) < 4.78 is 19.3. The number of rotatable bonds is 8. The number of halogens is 1. The van der Waals surface area contributed by atoms with Crippen molar-refractivity contribution in [3.63, 3.8) is 0 Å². The number of benzene rings is 3. The van der Waals surface area contributed by atoms with Gasteiger partial charge in [-0.15, -0.1) is 0 Å². The first-order valence-corrected chi connectivity index (χ1v) is 13.4. The predicted octanol–water partition coefficient (Wildman–Crippen LogP) is 6.04. The summed E-state index contributed by atoms with van der Waals surface area (Å²) >= 11 is 6.34. The van der Waals surface area contributed by atoms with E-state index in [1.165, 1.54) is 6.33 Å². The number of nitrogens with one attached hydrogen (secondary N) is 1. The van der Waals surface area contributed by atoms with Gasteiger partial charge in [0.1, 0.15) is 24.4 Å². The zero-order valence-corrected chi connectivity index (χ0v) is 22.7. The number of aromatic amines is 1. The van der Waals surface area contributed by atoms with Gasteiger partial charge in [-0.2, -0.15) is 5.10 Å². The Hall–Kier alpha value is -4.50. The minimum absolute atomic E-state index is 0.425. The molecule has 0 spiro atoms. The zero-order chi connectivity index (χ0) is 27.5. The molecule has 40 heavy (non-hydrogen) atoms. The molecule has 6 rings (SSSR count). The molecule has 3 aromatic carbocycles. The highest BCUT2D eigenvalue weighted by Gasteiger charge is 2.36. The number of fused-ring (bicyclic) bond motifs is 3. The van der Waals surface area contributed by atoms with Crippen molar-refractivity contribution >= 4 is 28.6 Å². The number of H-pyrrole nitrogens is 1. The number of carbonyl (C=O) groups excluding carboxylic acids is 1. The van der Waals surface area contributed by atoms with Gasteiger partial charge >= 0.3 is 6.09 Å². The van der Waals surface area contributed by atoms with E-state index in [1.54, 1.807) is 35.2 Å². The highest BCUT2D eigenvalue weighted by Crippen LogP contribution is 2.41. The third-order valence-electron chi connectivity index (χ3n) is 7.03. The molecule has 5 aromatic rings. The van der Waals surface area contributed by atoms with Crippen molar-refractivity contribution in [3.8, 4) is 17.2 Å². The Balaban J connectivity index is 1.32. The second-order valence-electron chi connectivity index (χ2n) is 9.50. The van der Waals surface area contributed by atoms with Gasteiger partial charge in [0, 0.05) is 41.1 Å². The first-order chi connectivity index (χ1) is 19.6. The van der Waals surface area contributed by atoms with E-state index in [9.17, 15) is 4.79 Å². The van der Waals surface area contributed by atoms with Crippen molar-refractivity contribution in [2.75, 3.05) is 20.3 Å². The number of hydrogen-bond acceptors (Lipinski definition) is 6. The molecule has 1 N–H and O–H groups in total. The number of aromatic nitrogens is 4. The molecule has 0 fully saturated rings. The van der Waals surface area contributed by atoms with E-state index in [0.717, 1.165) is 34.1 Å². The van der Waals surface area contributed by atoms with Gasteiger partial charge in [-0.05, 0) is 60.0 Å². The van der Waals surface area contributed by atoms with E-state index in [0.29, 0.717) is 48.4 Å². The highest BCUT2D eigenvalue weighted by atomic mass is 35.5. The van der Waals surface area contributed by atoms with Crippen LogP contribution in [0.15, 0.2) is 79.4 Å². The van der Waals surface area contributed by atoms with E-state index in [2.05, 4.69) is 15.1 Å². The average Bonchev–Trinajstić information content (AvgIpc) is 3.63. The van der Waals surface area contributed by atoms with Gasteiger partial charge in [-0.3, -0.25) is 9.58 Å². The Morgan fingerprint density at radius 2 is 1.98 bits per heavy atom. The Morgan fingerprint density at radius 1 is 1.10 bits per heavy atom. The van der Waals surface area contributed by atoms with E-state index in [1.807, 2.05) is 54.6 Å². The zero-order valence-electron chi connectivity index (χ0n) is 21.9. The number of nitrogens with zero attached hydrogens (tertiary/aromatic N) is 4. The molecule has 204 valence electrons. The normalized spacial score (nSPS) is 14.7. The van der Waals surface area contributed by atoms with Crippen molar-refractivity contribution in [2.24, 2.45) is 0 Å². The first kappa shape index (κ1) is 25.8. The van der Waals surface area contributed by atoms with Crippen LogP contribution < -0.4 is 14.2 Å². The fraction of sp³-hybridized carbons (Fsp3) is 0.233. The maximum atomic E-state index is 13.5. The Bertz CT molecular complexity index is 1620. The van der Waals surface area contributed by atoms with Crippen molar-refractivity contribution in [3.05, 3.63) is 101 Å². The molecule has 0 saturated carbocycles. The van der Waals surface area contributed by atoms with Crippen molar-refractivity contribution in [1.29, 1.82) is 0 Å². The maximum Gasteiger partial charge on any atom is 0.416 e. The number of amides is 1. The Labute approximate surface area is 236 Å².